The third kappa shape index (κ3) is 8.73. The number of guanidine groups is 1. The zero-order valence-corrected chi connectivity index (χ0v) is 17.6. The molecule has 0 unspecified atom stereocenters. The molecule has 0 heterocycles. The molecule has 0 aromatic heterocycles. The van der Waals surface area contributed by atoms with Gasteiger partial charge in [-0.15, -0.1) is 0 Å². The molecule has 2 aromatic carbocycles. The molecule has 0 aliphatic heterocycles. The van der Waals surface area contributed by atoms with E-state index in [0.717, 1.165) is 23.4 Å². The molecule has 0 spiro atoms. The van der Waals surface area contributed by atoms with Gasteiger partial charge in [0.15, 0.2) is 5.96 Å². The van der Waals surface area contributed by atoms with Gasteiger partial charge in [-0.05, 0) is 35.7 Å². The first-order valence-corrected chi connectivity index (χ1v) is 9.77. The van der Waals surface area contributed by atoms with E-state index < -0.39 is 12.8 Å². The topological polar surface area (TPSA) is 48.9 Å². The summed E-state index contributed by atoms with van der Waals surface area (Å²) in [6.45, 7) is 2.53. The summed E-state index contributed by atoms with van der Waals surface area (Å²) >= 11 is 0. The Bertz CT molecular complexity index is 805. The minimum atomic E-state index is -4.31. The molecule has 0 bridgehead atoms. The van der Waals surface area contributed by atoms with Gasteiger partial charge in [-0.3, -0.25) is 0 Å². The maximum atomic E-state index is 12.1. The SMILES string of the molecule is CCNC(=NCc1cccc(N(C)C)c1)NCc1ccc(COCC(F)(F)F)cc1. The molecule has 0 saturated heterocycles. The fourth-order valence-corrected chi connectivity index (χ4v) is 2.67. The highest BCUT2D eigenvalue weighted by atomic mass is 19.4. The molecule has 5 nitrogen and oxygen atoms in total. The van der Waals surface area contributed by atoms with Crippen LogP contribution in [0.4, 0.5) is 18.9 Å². The van der Waals surface area contributed by atoms with Gasteiger partial charge in [0.25, 0.3) is 0 Å². The quantitative estimate of drug-likeness (QED) is 0.472. The lowest BCUT2D eigenvalue weighted by Crippen LogP contribution is -2.36. The molecular formula is C22H29F3N4O. The van der Waals surface area contributed by atoms with E-state index in [1.807, 2.05) is 45.3 Å². The number of benzene rings is 2. The van der Waals surface area contributed by atoms with Gasteiger partial charge in [0.1, 0.15) is 6.61 Å². The van der Waals surface area contributed by atoms with Crippen LogP contribution in [0.15, 0.2) is 53.5 Å². The number of nitrogens with one attached hydrogen (secondary N) is 2. The molecule has 8 heteroatoms. The van der Waals surface area contributed by atoms with E-state index in [4.69, 9.17) is 0 Å². The van der Waals surface area contributed by atoms with Gasteiger partial charge in [-0.2, -0.15) is 13.2 Å². The van der Waals surface area contributed by atoms with E-state index in [2.05, 4.69) is 37.4 Å². The van der Waals surface area contributed by atoms with Crippen LogP contribution in [0.1, 0.15) is 23.6 Å². The lowest BCUT2D eigenvalue weighted by Gasteiger charge is -2.14. The van der Waals surface area contributed by atoms with Crippen molar-refractivity contribution in [3.8, 4) is 0 Å². The molecule has 0 fully saturated rings. The monoisotopic (exact) mass is 422 g/mol. The molecule has 2 rings (SSSR count). The number of anilines is 1. The fourth-order valence-electron chi connectivity index (χ4n) is 2.67. The Balaban J connectivity index is 1.89. The van der Waals surface area contributed by atoms with Crippen LogP contribution in [-0.4, -0.2) is 39.4 Å². The summed E-state index contributed by atoms with van der Waals surface area (Å²) in [5.74, 6) is 0.699. The molecule has 0 amide bonds. The van der Waals surface area contributed by atoms with Crippen LogP contribution < -0.4 is 15.5 Å². The van der Waals surface area contributed by atoms with Gasteiger partial charge in [0, 0.05) is 32.9 Å². The normalized spacial score (nSPS) is 12.0. The summed E-state index contributed by atoms with van der Waals surface area (Å²) in [6, 6.07) is 15.5. The number of ether oxygens (including phenoxy) is 1. The number of rotatable bonds is 9. The zero-order valence-electron chi connectivity index (χ0n) is 17.6. The van der Waals surface area contributed by atoms with Crippen LogP contribution >= 0.6 is 0 Å². The highest BCUT2D eigenvalue weighted by Crippen LogP contribution is 2.16. The van der Waals surface area contributed by atoms with Gasteiger partial charge >= 0.3 is 6.18 Å². The van der Waals surface area contributed by atoms with Crippen LogP contribution in [-0.2, 0) is 24.4 Å². The first kappa shape index (κ1) is 23.5. The van der Waals surface area contributed by atoms with Crippen molar-refractivity contribution >= 4 is 11.6 Å². The first-order chi connectivity index (χ1) is 14.3. The predicted octanol–water partition coefficient (Wildman–Crippen LogP) is 4.09. The van der Waals surface area contributed by atoms with Crippen molar-refractivity contribution in [1.82, 2.24) is 10.6 Å². The van der Waals surface area contributed by atoms with Gasteiger partial charge in [0.05, 0.1) is 13.2 Å². The van der Waals surface area contributed by atoms with E-state index in [1.165, 1.54) is 0 Å². The average molecular weight is 422 g/mol. The van der Waals surface area contributed by atoms with Crippen molar-refractivity contribution in [3.63, 3.8) is 0 Å². The van der Waals surface area contributed by atoms with Gasteiger partial charge in [-0.25, -0.2) is 4.99 Å². The molecule has 164 valence electrons. The molecule has 2 aromatic rings. The zero-order chi connectivity index (χ0) is 22.0. The van der Waals surface area contributed by atoms with Crippen molar-refractivity contribution in [1.29, 1.82) is 0 Å². The third-order valence-corrected chi connectivity index (χ3v) is 4.21. The first-order valence-electron chi connectivity index (χ1n) is 9.77. The van der Waals surface area contributed by atoms with E-state index in [9.17, 15) is 13.2 Å². The van der Waals surface area contributed by atoms with Crippen LogP contribution in [0, 0.1) is 0 Å². The van der Waals surface area contributed by atoms with Crippen LogP contribution in [0.5, 0.6) is 0 Å². The Morgan fingerprint density at radius 3 is 2.33 bits per heavy atom. The van der Waals surface area contributed by atoms with Gasteiger partial charge in [-0.1, -0.05) is 36.4 Å². The highest BCUT2D eigenvalue weighted by molar-refractivity contribution is 5.79. The minimum absolute atomic E-state index is 0.0661. The number of hydrogen-bond acceptors (Lipinski definition) is 3. The Kier molecular flexibility index (Phi) is 8.98. The molecule has 30 heavy (non-hydrogen) atoms. The summed E-state index contributed by atoms with van der Waals surface area (Å²) < 4.78 is 41.1. The van der Waals surface area contributed by atoms with E-state index in [0.29, 0.717) is 24.6 Å². The molecular weight excluding hydrogens is 393 g/mol. The summed E-state index contributed by atoms with van der Waals surface area (Å²) in [6.07, 6.45) is -4.31. The van der Waals surface area contributed by atoms with Crippen LogP contribution in [0.2, 0.25) is 0 Å². The van der Waals surface area contributed by atoms with Crippen molar-refractivity contribution in [3.05, 3.63) is 65.2 Å². The fraction of sp³-hybridized carbons (Fsp3) is 0.409. The van der Waals surface area contributed by atoms with Crippen LogP contribution in [0.3, 0.4) is 0 Å². The molecule has 0 radical (unpaired) electrons. The number of alkyl halides is 3. The number of nitrogens with zero attached hydrogens (tertiary/aromatic N) is 2. The number of hydrogen-bond donors (Lipinski definition) is 2. The molecule has 0 aliphatic rings. The molecule has 2 N–H and O–H groups in total. The second-order valence-corrected chi connectivity index (χ2v) is 7.04. The summed E-state index contributed by atoms with van der Waals surface area (Å²) in [5.41, 5.74) is 3.93. The van der Waals surface area contributed by atoms with E-state index in [-0.39, 0.29) is 6.61 Å². The second-order valence-electron chi connectivity index (χ2n) is 7.04. The van der Waals surface area contributed by atoms with Crippen molar-refractivity contribution in [2.24, 2.45) is 4.99 Å². The van der Waals surface area contributed by atoms with Gasteiger partial charge in [0.2, 0.25) is 0 Å². The largest absolute Gasteiger partial charge is 0.411 e. The lowest BCUT2D eigenvalue weighted by atomic mass is 10.1. The summed E-state index contributed by atoms with van der Waals surface area (Å²) in [4.78, 5) is 6.68. The Morgan fingerprint density at radius 2 is 1.70 bits per heavy atom. The third-order valence-electron chi connectivity index (χ3n) is 4.21. The maximum Gasteiger partial charge on any atom is 0.411 e. The maximum absolute atomic E-state index is 12.1. The predicted molar refractivity (Wildman–Crippen MR) is 115 cm³/mol. The smallest absolute Gasteiger partial charge is 0.378 e. The lowest BCUT2D eigenvalue weighted by molar-refractivity contribution is -0.176. The van der Waals surface area contributed by atoms with Crippen molar-refractivity contribution in [2.75, 3.05) is 32.1 Å². The summed E-state index contributed by atoms with van der Waals surface area (Å²) in [7, 11) is 4.00. The summed E-state index contributed by atoms with van der Waals surface area (Å²) in [5, 5.41) is 6.49. The molecule has 0 atom stereocenters. The average Bonchev–Trinajstić information content (AvgIpc) is 2.70. The molecule has 0 aliphatic carbocycles. The Labute approximate surface area is 176 Å². The standard InChI is InChI=1S/C22H29F3N4O/c1-4-26-21(28-14-19-6-5-7-20(12-19)29(2)3)27-13-17-8-10-18(11-9-17)15-30-16-22(23,24)25/h5-12H,4,13-16H2,1-3H3,(H2,26,27,28). The molecule has 0 saturated carbocycles. The van der Waals surface area contributed by atoms with Crippen LogP contribution in [0.25, 0.3) is 0 Å². The number of aliphatic imine (C=N–C) groups is 1. The van der Waals surface area contributed by atoms with E-state index in [1.54, 1.807) is 12.1 Å². The van der Waals surface area contributed by atoms with Crippen molar-refractivity contribution in [2.45, 2.75) is 32.8 Å². The minimum Gasteiger partial charge on any atom is -0.378 e. The Morgan fingerprint density at radius 1 is 1.00 bits per heavy atom. The number of halogens is 3. The Hall–Kier alpha value is -2.74. The van der Waals surface area contributed by atoms with Crippen molar-refractivity contribution < 1.29 is 17.9 Å². The van der Waals surface area contributed by atoms with E-state index >= 15 is 0 Å². The highest BCUT2D eigenvalue weighted by Gasteiger charge is 2.27. The van der Waals surface area contributed by atoms with Gasteiger partial charge < -0.3 is 20.3 Å². The second kappa shape index (κ2) is 11.4.